The van der Waals surface area contributed by atoms with Gasteiger partial charge in [-0.25, -0.2) is 0 Å². The Kier molecular flexibility index (Phi) is 5.65. The Bertz CT molecular complexity index is 94.5. The summed E-state index contributed by atoms with van der Waals surface area (Å²) in [5.41, 5.74) is 0. The van der Waals surface area contributed by atoms with Crippen LogP contribution in [0.15, 0.2) is 12.7 Å². The molecular formula is C3H7NO3Zr. The average molecular weight is 196 g/mol. The Balaban J connectivity index is 3.11. The molecule has 2 N–H and O–H groups in total. The Morgan fingerprint density at radius 3 is 2.88 bits per heavy atom. The molecule has 0 spiro atoms. The first-order valence-corrected chi connectivity index (χ1v) is 4.96. The van der Waals surface area contributed by atoms with Crippen LogP contribution in [0.5, 0.6) is 0 Å². The fraction of sp³-hybridized carbons (Fsp3) is 0.333. The third-order valence-electron chi connectivity index (χ3n) is 0.415. The molecule has 0 saturated carbocycles. The van der Waals surface area contributed by atoms with Gasteiger partial charge in [0, 0.05) is 0 Å². The van der Waals surface area contributed by atoms with Crippen LogP contribution in [0, 0.1) is 0 Å². The van der Waals surface area contributed by atoms with E-state index in [4.69, 9.17) is 0 Å². The van der Waals surface area contributed by atoms with Crippen LogP contribution in [0.25, 0.3) is 0 Å². The van der Waals surface area contributed by atoms with E-state index >= 15 is 0 Å². The van der Waals surface area contributed by atoms with E-state index in [1.807, 2.05) is 0 Å². The van der Waals surface area contributed by atoms with E-state index < -0.39 is 22.6 Å². The number of nitrogens with two attached hydrogens (primary N) is 1. The first-order chi connectivity index (χ1) is 3.81. The van der Waals surface area contributed by atoms with Gasteiger partial charge in [0.25, 0.3) is 0 Å². The van der Waals surface area contributed by atoms with Crippen molar-refractivity contribution in [2.45, 2.75) is 0 Å². The van der Waals surface area contributed by atoms with Crippen LogP contribution < -0.4 is 5.90 Å². The fourth-order valence-electron chi connectivity index (χ4n) is 0.161. The van der Waals surface area contributed by atoms with Crippen molar-refractivity contribution in [3.63, 3.8) is 0 Å². The quantitative estimate of drug-likeness (QED) is 0.503. The maximum atomic E-state index is 10.2. The molecule has 46 valence electrons. The molecular weight excluding hydrogens is 189 g/mol. The minimum atomic E-state index is -3.22. The predicted octanol–water partition coefficient (Wildman–Crippen LogP) is -0.127. The van der Waals surface area contributed by atoms with Crippen molar-refractivity contribution in [2.75, 3.05) is 6.61 Å². The molecule has 0 bridgehead atoms. The minimum absolute atomic E-state index is 0.246. The summed E-state index contributed by atoms with van der Waals surface area (Å²) >= 11 is -3.22. The average Bonchev–Trinajstić information content (AvgIpc) is 1.83. The van der Waals surface area contributed by atoms with E-state index in [1.165, 1.54) is 6.08 Å². The Morgan fingerprint density at radius 1 is 1.88 bits per heavy atom. The van der Waals surface area contributed by atoms with Gasteiger partial charge in [-0.2, -0.15) is 0 Å². The molecule has 0 radical (unpaired) electrons. The van der Waals surface area contributed by atoms with E-state index in [9.17, 15) is 2.81 Å². The monoisotopic (exact) mass is 195 g/mol. The summed E-state index contributed by atoms with van der Waals surface area (Å²) in [5, 5.41) is 0. The van der Waals surface area contributed by atoms with Crippen LogP contribution >= 0.6 is 0 Å². The third-order valence-corrected chi connectivity index (χ3v) is 1.88. The first-order valence-electron chi connectivity index (χ1n) is 1.95. The van der Waals surface area contributed by atoms with Gasteiger partial charge in [-0.15, -0.1) is 0 Å². The molecule has 8 heavy (non-hydrogen) atoms. The second-order valence-electron chi connectivity index (χ2n) is 0.968. The van der Waals surface area contributed by atoms with Gasteiger partial charge >= 0.3 is 56.3 Å². The van der Waals surface area contributed by atoms with Crippen molar-refractivity contribution < 1.29 is 31.2 Å². The van der Waals surface area contributed by atoms with Crippen molar-refractivity contribution in [3.05, 3.63) is 12.7 Å². The maximum absolute atomic E-state index is 10.2. The number of hydrogen-bond acceptors (Lipinski definition) is 4. The normalized spacial score (nSPS) is 8.62. The molecule has 0 heterocycles. The molecule has 0 aromatic carbocycles. The fourth-order valence-corrected chi connectivity index (χ4v) is 0.952. The molecule has 0 amide bonds. The summed E-state index contributed by atoms with van der Waals surface area (Å²) in [5.74, 6) is 4.53. The molecule has 0 aliphatic heterocycles. The van der Waals surface area contributed by atoms with Gasteiger partial charge in [-0.05, 0) is 0 Å². The predicted molar refractivity (Wildman–Crippen MR) is 22.1 cm³/mol. The van der Waals surface area contributed by atoms with E-state index in [1.54, 1.807) is 0 Å². The molecule has 0 atom stereocenters. The molecule has 0 unspecified atom stereocenters. The Hall–Kier alpha value is 0.303. The molecule has 0 aliphatic carbocycles. The number of hydrogen-bond donors (Lipinski definition) is 1. The second kappa shape index (κ2) is 5.44. The van der Waals surface area contributed by atoms with Crippen LogP contribution in [0.1, 0.15) is 0 Å². The van der Waals surface area contributed by atoms with Crippen molar-refractivity contribution in [1.29, 1.82) is 0 Å². The van der Waals surface area contributed by atoms with Crippen molar-refractivity contribution in [1.82, 2.24) is 0 Å². The van der Waals surface area contributed by atoms with E-state index in [0.29, 0.717) is 0 Å². The summed E-state index contributed by atoms with van der Waals surface area (Å²) in [6, 6.07) is 0. The summed E-state index contributed by atoms with van der Waals surface area (Å²) < 4.78 is 18.7. The van der Waals surface area contributed by atoms with Gasteiger partial charge < -0.3 is 0 Å². The summed E-state index contributed by atoms with van der Waals surface area (Å²) in [4.78, 5) is 0. The number of rotatable bonds is 4. The Morgan fingerprint density at radius 2 is 2.50 bits per heavy atom. The van der Waals surface area contributed by atoms with Crippen LogP contribution in [0.4, 0.5) is 0 Å². The van der Waals surface area contributed by atoms with Crippen molar-refractivity contribution in [3.8, 4) is 0 Å². The molecule has 0 saturated heterocycles. The van der Waals surface area contributed by atoms with E-state index in [2.05, 4.69) is 18.2 Å². The molecule has 0 rings (SSSR count). The van der Waals surface area contributed by atoms with Crippen LogP contribution in [-0.2, 0) is 31.2 Å². The standard InChI is InChI=1S/C3H5O.H2NO.O.Zr/c1-2-3-4;1-2;;/h2H,1,3H2;1H2;;/q2*-1;;+2. The summed E-state index contributed by atoms with van der Waals surface area (Å²) in [6.07, 6.45) is 1.48. The van der Waals surface area contributed by atoms with Crippen LogP contribution in [-0.4, -0.2) is 6.61 Å². The van der Waals surface area contributed by atoms with Crippen molar-refractivity contribution in [2.24, 2.45) is 5.90 Å². The molecule has 0 aliphatic rings. The molecule has 4 nitrogen and oxygen atoms in total. The SMILES string of the molecule is C=CC[O][Zr](=[O])[O]N. The van der Waals surface area contributed by atoms with Gasteiger partial charge in [0.15, 0.2) is 0 Å². The molecule has 0 aromatic heterocycles. The van der Waals surface area contributed by atoms with Gasteiger partial charge in [-0.3, -0.25) is 0 Å². The second-order valence-corrected chi connectivity index (χ2v) is 3.49. The van der Waals surface area contributed by atoms with Gasteiger partial charge in [0.05, 0.1) is 0 Å². The molecule has 0 aromatic rings. The topological polar surface area (TPSA) is 61.5 Å². The summed E-state index contributed by atoms with van der Waals surface area (Å²) in [7, 11) is 0. The summed E-state index contributed by atoms with van der Waals surface area (Å²) in [6.45, 7) is 3.58. The van der Waals surface area contributed by atoms with Crippen LogP contribution in [0.3, 0.4) is 0 Å². The van der Waals surface area contributed by atoms with Gasteiger partial charge in [0.2, 0.25) is 0 Å². The first kappa shape index (κ1) is 8.30. The van der Waals surface area contributed by atoms with E-state index in [-0.39, 0.29) is 6.61 Å². The molecule has 0 fully saturated rings. The van der Waals surface area contributed by atoms with Gasteiger partial charge in [-0.1, -0.05) is 0 Å². The van der Waals surface area contributed by atoms with Crippen molar-refractivity contribution >= 4 is 0 Å². The van der Waals surface area contributed by atoms with Crippen LogP contribution in [0.2, 0.25) is 0 Å². The third kappa shape index (κ3) is 4.46. The molecule has 5 heteroatoms. The van der Waals surface area contributed by atoms with Gasteiger partial charge in [0.1, 0.15) is 0 Å². The Labute approximate surface area is 56.6 Å². The van der Waals surface area contributed by atoms with E-state index in [0.717, 1.165) is 0 Å². The zero-order chi connectivity index (χ0) is 6.41. The zero-order valence-corrected chi connectivity index (χ0v) is 6.75. The zero-order valence-electron chi connectivity index (χ0n) is 4.29.